The summed E-state index contributed by atoms with van der Waals surface area (Å²) in [7, 11) is 0. The Kier molecular flexibility index (Phi) is 0.743. The van der Waals surface area contributed by atoms with Crippen LogP contribution in [0.3, 0.4) is 0 Å². The van der Waals surface area contributed by atoms with E-state index in [4.69, 9.17) is 5.73 Å². The van der Waals surface area contributed by atoms with Gasteiger partial charge in [-0.05, 0) is 35.1 Å². The van der Waals surface area contributed by atoms with Crippen molar-refractivity contribution >= 4 is 0 Å². The molecule has 0 aromatic heterocycles. The lowest BCUT2D eigenvalue weighted by molar-refractivity contribution is 0.502. The average molecular weight is 145 g/mol. The zero-order valence-electron chi connectivity index (χ0n) is 6.59. The monoisotopic (exact) mass is 145 g/mol. The lowest BCUT2D eigenvalue weighted by Crippen LogP contribution is -2.19. The quantitative estimate of drug-likeness (QED) is 0.552. The Labute approximate surface area is 66.3 Å². The predicted molar refractivity (Wildman–Crippen MR) is 44.7 cm³/mol. The van der Waals surface area contributed by atoms with Crippen molar-refractivity contribution in [2.45, 2.75) is 13.3 Å². The van der Waals surface area contributed by atoms with Gasteiger partial charge in [0.15, 0.2) is 0 Å². The Morgan fingerprint density at radius 3 is 3.09 bits per heavy atom. The van der Waals surface area contributed by atoms with Crippen LogP contribution in [0.1, 0.15) is 13.3 Å². The summed E-state index contributed by atoms with van der Waals surface area (Å²) in [6.07, 6.45) is 5.72. The van der Waals surface area contributed by atoms with E-state index >= 15 is 0 Å². The third-order valence-corrected chi connectivity index (χ3v) is 3.11. The molecule has 0 aromatic carbocycles. The molecule has 11 heavy (non-hydrogen) atoms. The molecule has 0 saturated heterocycles. The zero-order valence-corrected chi connectivity index (χ0v) is 6.59. The number of rotatable bonds is 0. The summed E-state index contributed by atoms with van der Waals surface area (Å²) >= 11 is 0. The van der Waals surface area contributed by atoms with Gasteiger partial charge in [0.25, 0.3) is 0 Å². The first kappa shape index (κ1) is 5.64. The van der Waals surface area contributed by atoms with E-state index in [0.717, 1.165) is 17.5 Å². The molecule has 0 saturated carbocycles. The molecule has 3 aliphatic carbocycles. The number of hydrogen-bond donors (Lipinski definition) is 1. The summed E-state index contributed by atoms with van der Waals surface area (Å²) in [4.78, 5) is 0. The standard InChI is InChI=1S/C10H11N/c1-5-2-6-3-9(11)8-4-7(5)10(6)8/h3-5,7H,2,11H2,1H3. The fourth-order valence-electron chi connectivity index (χ4n) is 2.51. The van der Waals surface area contributed by atoms with Crippen LogP contribution in [-0.2, 0) is 0 Å². The lowest BCUT2D eigenvalue weighted by atomic mass is 9.78. The molecule has 0 heterocycles. The summed E-state index contributed by atoms with van der Waals surface area (Å²) in [6, 6.07) is 0. The van der Waals surface area contributed by atoms with E-state index in [-0.39, 0.29) is 0 Å². The summed E-state index contributed by atoms with van der Waals surface area (Å²) in [5, 5.41) is 0. The molecule has 0 aliphatic heterocycles. The van der Waals surface area contributed by atoms with Crippen molar-refractivity contribution < 1.29 is 0 Å². The minimum atomic E-state index is 0.747. The molecular formula is C10H11N. The molecule has 56 valence electrons. The van der Waals surface area contributed by atoms with Gasteiger partial charge in [-0.3, -0.25) is 0 Å². The van der Waals surface area contributed by atoms with Crippen LogP contribution in [0.5, 0.6) is 0 Å². The van der Waals surface area contributed by atoms with Crippen molar-refractivity contribution in [1.82, 2.24) is 0 Å². The SMILES string of the molecule is CC1CC2=C3C(=CC31)C(N)=C2. The van der Waals surface area contributed by atoms with E-state index in [9.17, 15) is 0 Å². The molecule has 0 aromatic rings. The van der Waals surface area contributed by atoms with Crippen LogP contribution in [0.15, 0.2) is 34.6 Å². The van der Waals surface area contributed by atoms with E-state index in [0.29, 0.717) is 0 Å². The Balaban J connectivity index is 2.17. The van der Waals surface area contributed by atoms with E-state index in [1.54, 1.807) is 5.57 Å². The highest BCUT2D eigenvalue weighted by Crippen LogP contribution is 2.54. The van der Waals surface area contributed by atoms with E-state index < -0.39 is 0 Å². The third kappa shape index (κ3) is 0.462. The Bertz CT molecular complexity index is 331. The molecule has 0 radical (unpaired) electrons. The molecule has 2 unspecified atom stereocenters. The van der Waals surface area contributed by atoms with Gasteiger partial charge in [0, 0.05) is 11.6 Å². The molecule has 0 fully saturated rings. The molecule has 0 bridgehead atoms. The van der Waals surface area contributed by atoms with Gasteiger partial charge in [-0.15, -0.1) is 0 Å². The largest absolute Gasteiger partial charge is 0.398 e. The highest BCUT2D eigenvalue weighted by molar-refractivity contribution is 5.68. The number of allylic oxidation sites excluding steroid dienone is 4. The molecule has 2 atom stereocenters. The summed E-state index contributed by atoms with van der Waals surface area (Å²) in [6.45, 7) is 2.32. The maximum absolute atomic E-state index is 5.80. The van der Waals surface area contributed by atoms with Crippen LogP contribution < -0.4 is 5.73 Å². The fourth-order valence-corrected chi connectivity index (χ4v) is 2.51. The number of hydrogen-bond acceptors (Lipinski definition) is 1. The van der Waals surface area contributed by atoms with Gasteiger partial charge in [0.05, 0.1) is 0 Å². The van der Waals surface area contributed by atoms with Gasteiger partial charge in [-0.25, -0.2) is 0 Å². The van der Waals surface area contributed by atoms with E-state index in [1.807, 2.05) is 0 Å². The Morgan fingerprint density at radius 1 is 1.55 bits per heavy atom. The Morgan fingerprint density at radius 2 is 2.36 bits per heavy atom. The van der Waals surface area contributed by atoms with Crippen LogP contribution in [0.4, 0.5) is 0 Å². The van der Waals surface area contributed by atoms with Gasteiger partial charge in [0.1, 0.15) is 0 Å². The van der Waals surface area contributed by atoms with Crippen molar-refractivity contribution in [3.63, 3.8) is 0 Å². The first-order valence-electron chi connectivity index (χ1n) is 4.20. The highest BCUT2D eigenvalue weighted by Gasteiger charge is 2.41. The zero-order chi connectivity index (χ0) is 7.59. The molecule has 3 rings (SSSR count). The van der Waals surface area contributed by atoms with Crippen molar-refractivity contribution in [3.05, 3.63) is 34.6 Å². The lowest BCUT2D eigenvalue weighted by Gasteiger charge is -2.27. The predicted octanol–water partition coefficient (Wildman–Crippen LogP) is 1.74. The van der Waals surface area contributed by atoms with Crippen molar-refractivity contribution in [1.29, 1.82) is 0 Å². The molecule has 3 aliphatic rings. The fraction of sp³-hybridized carbons (Fsp3) is 0.400. The highest BCUT2D eigenvalue weighted by atomic mass is 14.6. The van der Waals surface area contributed by atoms with E-state index in [1.165, 1.54) is 17.6 Å². The normalized spacial score (nSPS) is 38.3. The van der Waals surface area contributed by atoms with Crippen LogP contribution in [-0.4, -0.2) is 0 Å². The molecule has 0 spiro atoms. The Hall–Kier alpha value is -0.980. The second-order valence-electron chi connectivity index (χ2n) is 3.83. The van der Waals surface area contributed by atoms with Crippen LogP contribution in [0, 0.1) is 11.8 Å². The first-order chi connectivity index (χ1) is 5.27. The first-order valence-corrected chi connectivity index (χ1v) is 4.20. The molecule has 1 heteroatoms. The second kappa shape index (κ2) is 1.45. The summed E-state index contributed by atoms with van der Waals surface area (Å²) in [5.74, 6) is 1.57. The van der Waals surface area contributed by atoms with Crippen molar-refractivity contribution in [3.8, 4) is 0 Å². The van der Waals surface area contributed by atoms with Crippen LogP contribution in [0.2, 0.25) is 0 Å². The van der Waals surface area contributed by atoms with Gasteiger partial charge >= 0.3 is 0 Å². The smallest absolute Gasteiger partial charge is 0.0390 e. The van der Waals surface area contributed by atoms with Crippen LogP contribution >= 0.6 is 0 Å². The maximum Gasteiger partial charge on any atom is 0.0390 e. The third-order valence-electron chi connectivity index (χ3n) is 3.11. The summed E-state index contributed by atoms with van der Waals surface area (Å²) in [5.41, 5.74) is 11.2. The van der Waals surface area contributed by atoms with Gasteiger partial charge in [-0.2, -0.15) is 0 Å². The molecule has 2 N–H and O–H groups in total. The molecular weight excluding hydrogens is 134 g/mol. The maximum atomic E-state index is 5.80. The van der Waals surface area contributed by atoms with Crippen molar-refractivity contribution in [2.75, 3.05) is 0 Å². The average Bonchev–Trinajstić information content (AvgIpc) is 2.11. The summed E-state index contributed by atoms with van der Waals surface area (Å²) < 4.78 is 0. The molecule has 1 nitrogen and oxygen atoms in total. The van der Waals surface area contributed by atoms with Gasteiger partial charge in [-0.1, -0.05) is 13.0 Å². The second-order valence-corrected chi connectivity index (χ2v) is 3.83. The minimum Gasteiger partial charge on any atom is -0.398 e. The van der Waals surface area contributed by atoms with Crippen LogP contribution in [0.25, 0.3) is 0 Å². The van der Waals surface area contributed by atoms with Gasteiger partial charge < -0.3 is 5.73 Å². The minimum absolute atomic E-state index is 0.747. The van der Waals surface area contributed by atoms with Gasteiger partial charge in [0.2, 0.25) is 0 Å². The topological polar surface area (TPSA) is 26.0 Å². The number of nitrogens with two attached hydrogens (primary N) is 1. The molecule has 0 amide bonds. The van der Waals surface area contributed by atoms with Crippen molar-refractivity contribution in [2.24, 2.45) is 17.6 Å². The van der Waals surface area contributed by atoms with E-state index in [2.05, 4.69) is 19.1 Å².